The molecule has 0 rings (SSSR count). The fourth-order valence-electron chi connectivity index (χ4n) is 0.377. The molecule has 66 valence electrons. The maximum Gasteiger partial charge on any atom is 0.505 e. The molecule has 0 aromatic carbocycles. The number of aliphatic hydroxyl groups is 2. The predicted molar refractivity (Wildman–Crippen MR) is 36.3 cm³/mol. The van der Waals surface area contributed by atoms with Crippen LogP contribution in [-0.2, 0) is 4.74 Å². The minimum Gasteiger partial charge on any atom is -0.450 e. The van der Waals surface area contributed by atoms with E-state index in [4.69, 9.17) is 15.3 Å². The van der Waals surface area contributed by atoms with Crippen LogP contribution in [0.25, 0.3) is 0 Å². The van der Waals surface area contributed by atoms with E-state index in [-0.39, 0.29) is 19.8 Å². The molecule has 0 aliphatic carbocycles. The van der Waals surface area contributed by atoms with E-state index >= 15 is 0 Å². The molecule has 0 aromatic heterocycles. The van der Waals surface area contributed by atoms with Crippen molar-refractivity contribution in [3.63, 3.8) is 0 Å². The van der Waals surface area contributed by atoms with Gasteiger partial charge in [-0.25, -0.2) is 4.79 Å². The number of hydrogen-bond acceptors (Lipinski definition) is 4. The van der Waals surface area contributed by atoms with Gasteiger partial charge in [0.1, 0.15) is 6.61 Å². The van der Waals surface area contributed by atoms with Gasteiger partial charge in [0.2, 0.25) is 0 Å². The van der Waals surface area contributed by atoms with Crippen molar-refractivity contribution in [2.45, 2.75) is 6.92 Å². The zero-order valence-corrected chi connectivity index (χ0v) is 6.28. The summed E-state index contributed by atoms with van der Waals surface area (Å²) in [5.74, 6) is 0. The minimum absolute atomic E-state index is 0.199. The van der Waals surface area contributed by atoms with Gasteiger partial charge < -0.3 is 20.1 Å². The van der Waals surface area contributed by atoms with E-state index in [9.17, 15) is 4.79 Å². The summed E-state index contributed by atoms with van der Waals surface area (Å²) < 4.78 is 4.19. The molecule has 0 radical (unpaired) electrons. The van der Waals surface area contributed by atoms with Gasteiger partial charge in [-0.3, -0.25) is 0 Å². The molecular formula is C6H12O5. The van der Waals surface area contributed by atoms with Crippen LogP contribution in [0.2, 0.25) is 0 Å². The smallest absolute Gasteiger partial charge is 0.450 e. The maximum atomic E-state index is 9.89. The fraction of sp³-hybridized carbons (Fsp3) is 0.833. The molecule has 0 spiro atoms. The lowest BCUT2D eigenvalue weighted by Gasteiger charge is -2.22. The van der Waals surface area contributed by atoms with Crippen molar-refractivity contribution in [1.29, 1.82) is 0 Å². The summed E-state index contributed by atoms with van der Waals surface area (Å²) in [5, 5.41) is 25.4. The molecule has 0 heterocycles. The molecule has 0 aliphatic rings. The Hall–Kier alpha value is -0.810. The van der Waals surface area contributed by atoms with Crippen LogP contribution in [0.3, 0.4) is 0 Å². The third kappa shape index (κ3) is 3.79. The maximum absolute atomic E-state index is 9.89. The highest BCUT2D eigenvalue weighted by Gasteiger charge is 2.24. The Kier molecular flexibility index (Phi) is 3.84. The number of carboxylic acid groups (broad SMARTS) is 1. The SMILES string of the molecule is CC(CO)(CO)COC(=O)O. The Labute approximate surface area is 64.2 Å². The largest absolute Gasteiger partial charge is 0.505 e. The van der Waals surface area contributed by atoms with Crippen molar-refractivity contribution in [2.75, 3.05) is 19.8 Å². The van der Waals surface area contributed by atoms with Crippen molar-refractivity contribution < 1.29 is 24.9 Å². The van der Waals surface area contributed by atoms with Gasteiger partial charge in [-0.1, -0.05) is 6.92 Å². The van der Waals surface area contributed by atoms with Crippen LogP contribution in [0.1, 0.15) is 6.92 Å². The number of hydrogen-bond donors (Lipinski definition) is 3. The molecule has 5 nitrogen and oxygen atoms in total. The van der Waals surface area contributed by atoms with E-state index in [0.29, 0.717) is 0 Å². The molecule has 0 fully saturated rings. The highest BCUT2D eigenvalue weighted by Crippen LogP contribution is 2.13. The van der Waals surface area contributed by atoms with Gasteiger partial charge in [0.05, 0.1) is 13.2 Å². The lowest BCUT2D eigenvalue weighted by molar-refractivity contribution is -0.00471. The molecular weight excluding hydrogens is 152 g/mol. The van der Waals surface area contributed by atoms with E-state index in [1.807, 2.05) is 0 Å². The monoisotopic (exact) mass is 164 g/mol. The zero-order chi connectivity index (χ0) is 8.91. The molecule has 0 aromatic rings. The summed E-state index contributed by atoms with van der Waals surface area (Å²) >= 11 is 0. The number of rotatable bonds is 4. The van der Waals surface area contributed by atoms with Gasteiger partial charge in [-0.15, -0.1) is 0 Å². The third-order valence-electron chi connectivity index (χ3n) is 1.31. The first-order chi connectivity index (χ1) is 5.04. The highest BCUT2D eigenvalue weighted by atomic mass is 16.7. The molecule has 0 saturated heterocycles. The van der Waals surface area contributed by atoms with Crippen LogP contribution in [0.4, 0.5) is 4.79 Å². The first-order valence-corrected chi connectivity index (χ1v) is 3.11. The lowest BCUT2D eigenvalue weighted by Crippen LogP contribution is -2.32. The second-order valence-corrected chi connectivity index (χ2v) is 2.68. The van der Waals surface area contributed by atoms with E-state index in [1.165, 1.54) is 6.92 Å². The minimum atomic E-state index is -1.40. The van der Waals surface area contributed by atoms with Crippen LogP contribution < -0.4 is 0 Å². The van der Waals surface area contributed by atoms with Gasteiger partial charge in [0.25, 0.3) is 0 Å². The molecule has 0 atom stereocenters. The summed E-state index contributed by atoms with van der Waals surface area (Å²) in [4.78, 5) is 9.89. The standard InChI is InChI=1S/C6H12O5/c1-6(2-7,3-8)4-11-5(9)10/h7-8H,2-4H2,1H3,(H,9,10). The van der Waals surface area contributed by atoms with Crippen LogP contribution in [0.5, 0.6) is 0 Å². The quantitative estimate of drug-likeness (QED) is 0.495. The van der Waals surface area contributed by atoms with Gasteiger partial charge in [-0.2, -0.15) is 0 Å². The van der Waals surface area contributed by atoms with E-state index < -0.39 is 11.6 Å². The third-order valence-corrected chi connectivity index (χ3v) is 1.31. The summed E-state index contributed by atoms with van der Waals surface area (Å²) in [5.41, 5.74) is -0.877. The first kappa shape index (κ1) is 10.2. The van der Waals surface area contributed by atoms with Crippen LogP contribution in [0, 0.1) is 5.41 Å². The summed E-state index contributed by atoms with van der Waals surface area (Å²) in [7, 11) is 0. The van der Waals surface area contributed by atoms with Crippen molar-refractivity contribution in [3.05, 3.63) is 0 Å². The van der Waals surface area contributed by atoms with Gasteiger partial charge in [0, 0.05) is 5.41 Å². The molecule has 11 heavy (non-hydrogen) atoms. The molecule has 0 bridgehead atoms. The Morgan fingerprint density at radius 2 is 1.91 bits per heavy atom. The molecule has 0 saturated carbocycles. The predicted octanol–water partition coefficient (Wildman–Crippen LogP) is -0.328. The van der Waals surface area contributed by atoms with Crippen molar-refractivity contribution >= 4 is 6.16 Å². The molecule has 3 N–H and O–H groups in total. The second-order valence-electron chi connectivity index (χ2n) is 2.68. The molecule has 0 unspecified atom stereocenters. The van der Waals surface area contributed by atoms with Gasteiger partial charge >= 0.3 is 6.16 Å². The topological polar surface area (TPSA) is 87.0 Å². The Bertz CT molecular complexity index is 129. The summed E-state index contributed by atoms with van der Waals surface area (Å²) in [6.07, 6.45) is -1.40. The van der Waals surface area contributed by atoms with Crippen LogP contribution in [0.15, 0.2) is 0 Å². The summed E-state index contributed by atoms with van der Waals surface area (Å²) in [6, 6.07) is 0. The van der Waals surface area contributed by atoms with Crippen LogP contribution >= 0.6 is 0 Å². The molecule has 0 aliphatic heterocycles. The average Bonchev–Trinajstić information content (AvgIpc) is 2.00. The van der Waals surface area contributed by atoms with Gasteiger partial charge in [0.15, 0.2) is 0 Å². The van der Waals surface area contributed by atoms with Crippen molar-refractivity contribution in [1.82, 2.24) is 0 Å². The second kappa shape index (κ2) is 4.15. The normalized spacial score (nSPS) is 11.2. The number of ether oxygens (including phenoxy) is 1. The first-order valence-electron chi connectivity index (χ1n) is 3.11. The Balaban J connectivity index is 3.78. The van der Waals surface area contributed by atoms with E-state index in [1.54, 1.807) is 0 Å². The number of aliphatic hydroxyl groups excluding tert-OH is 2. The Morgan fingerprint density at radius 3 is 2.18 bits per heavy atom. The van der Waals surface area contributed by atoms with Crippen molar-refractivity contribution in [2.24, 2.45) is 5.41 Å². The molecule has 0 amide bonds. The van der Waals surface area contributed by atoms with Crippen molar-refractivity contribution in [3.8, 4) is 0 Å². The number of carbonyl (C=O) groups is 1. The van der Waals surface area contributed by atoms with Gasteiger partial charge in [-0.05, 0) is 0 Å². The summed E-state index contributed by atoms with van der Waals surface area (Å²) in [6.45, 7) is 0.707. The van der Waals surface area contributed by atoms with E-state index in [0.717, 1.165) is 0 Å². The Morgan fingerprint density at radius 1 is 1.45 bits per heavy atom. The fourth-order valence-corrected chi connectivity index (χ4v) is 0.377. The van der Waals surface area contributed by atoms with E-state index in [2.05, 4.69) is 4.74 Å². The molecule has 5 heteroatoms. The zero-order valence-electron chi connectivity index (χ0n) is 6.28. The average molecular weight is 164 g/mol. The van der Waals surface area contributed by atoms with Crippen LogP contribution in [-0.4, -0.2) is 41.3 Å². The highest BCUT2D eigenvalue weighted by molar-refractivity contribution is 5.56. The lowest BCUT2D eigenvalue weighted by atomic mass is 9.95.